The Morgan fingerprint density at radius 1 is 1.15 bits per heavy atom. The fraction of sp³-hybridized carbons (Fsp3) is 0.385. The van der Waals surface area contributed by atoms with Gasteiger partial charge < -0.3 is 4.90 Å². The molecule has 1 atom stereocenters. The third kappa shape index (κ3) is 3.51. The van der Waals surface area contributed by atoms with Crippen LogP contribution in [-0.2, 0) is 16.8 Å². The Hall–Kier alpha value is -2.26. The van der Waals surface area contributed by atoms with E-state index in [1.807, 2.05) is 52.0 Å². The minimum Gasteiger partial charge on any atom is -0.307 e. The van der Waals surface area contributed by atoms with Crippen LogP contribution in [0.3, 0.4) is 0 Å². The maximum absolute atomic E-state index is 15.0. The summed E-state index contributed by atoms with van der Waals surface area (Å²) in [6.07, 6.45) is 9.40. The third-order valence-corrected chi connectivity index (χ3v) is 8.27. The average Bonchev–Trinajstić information content (AvgIpc) is 3.60. The number of fused-ring (bicyclic) bond motifs is 2. The number of hydrogen-bond acceptors (Lipinski definition) is 3. The molecule has 6 rings (SSSR count). The van der Waals surface area contributed by atoms with Gasteiger partial charge in [0.25, 0.3) is 0 Å². The van der Waals surface area contributed by atoms with Crippen molar-refractivity contribution >= 4 is 34.5 Å². The van der Waals surface area contributed by atoms with Crippen molar-refractivity contribution in [2.75, 3.05) is 18.0 Å². The number of aromatic nitrogens is 2. The highest BCUT2D eigenvalue weighted by atomic mass is 127. The normalized spacial score (nSPS) is 23.2. The van der Waals surface area contributed by atoms with E-state index in [0.717, 1.165) is 41.9 Å². The van der Waals surface area contributed by atoms with Gasteiger partial charge in [-0.15, -0.1) is 0 Å². The molecule has 3 heterocycles. The summed E-state index contributed by atoms with van der Waals surface area (Å²) in [6.45, 7) is 2.16. The second kappa shape index (κ2) is 8.20. The molecule has 1 saturated heterocycles. The van der Waals surface area contributed by atoms with Crippen molar-refractivity contribution in [2.45, 2.75) is 50.1 Å². The highest BCUT2D eigenvalue weighted by molar-refractivity contribution is 14.1. The number of halogens is 2. The largest absolute Gasteiger partial charge is 0.307 e. The zero-order valence-electron chi connectivity index (χ0n) is 18.4. The molecule has 0 bridgehead atoms. The van der Waals surface area contributed by atoms with Crippen molar-refractivity contribution in [3.63, 3.8) is 0 Å². The Kier molecular flexibility index (Phi) is 5.29. The molecule has 33 heavy (non-hydrogen) atoms. The zero-order chi connectivity index (χ0) is 22.6. The van der Waals surface area contributed by atoms with Gasteiger partial charge >= 0.3 is 0 Å². The van der Waals surface area contributed by atoms with Crippen LogP contribution in [0.5, 0.6) is 0 Å². The predicted molar refractivity (Wildman–Crippen MR) is 135 cm³/mol. The number of amides is 1. The summed E-state index contributed by atoms with van der Waals surface area (Å²) >= 11 is 2.05. The van der Waals surface area contributed by atoms with Gasteiger partial charge in [-0.25, -0.2) is 7.29 Å². The van der Waals surface area contributed by atoms with E-state index < -0.39 is 5.41 Å². The molecule has 3 aliphatic rings. The predicted octanol–water partition coefficient (Wildman–Crippen LogP) is 5.32. The summed E-state index contributed by atoms with van der Waals surface area (Å²) in [5.74, 6) is -0.125. The van der Waals surface area contributed by atoms with Gasteiger partial charge in [0.15, 0.2) is 0 Å². The standard InChI is InChI=1S/C26H26FIN4O/c27-23-13-18(9-10-21(23)19-14-29-32(28)16-19)15-31-24-8-4-3-7-22(24)26(25(31)33)11-12-30(17-26)20-5-1-2-6-20/h3-4,7-10,13-14,16,20H,1-2,5-6,11-12,15,17H2. The molecule has 1 aromatic heterocycles. The zero-order valence-corrected chi connectivity index (χ0v) is 20.5. The van der Waals surface area contributed by atoms with Crippen LogP contribution in [0.15, 0.2) is 54.9 Å². The van der Waals surface area contributed by atoms with E-state index in [0.29, 0.717) is 18.2 Å². The quantitative estimate of drug-likeness (QED) is 0.409. The van der Waals surface area contributed by atoms with Gasteiger partial charge in [-0.2, -0.15) is 5.10 Å². The fourth-order valence-corrected chi connectivity index (χ4v) is 6.50. The Bertz CT molecular complexity index is 1220. The van der Waals surface area contributed by atoms with Gasteiger partial charge in [-0.05, 0) is 49.1 Å². The van der Waals surface area contributed by atoms with E-state index in [9.17, 15) is 9.18 Å². The first kappa shape index (κ1) is 21.3. The molecule has 1 aliphatic carbocycles. The minimum absolute atomic E-state index is 0.167. The Balaban J connectivity index is 1.29. The highest BCUT2D eigenvalue weighted by Crippen LogP contribution is 2.49. The third-order valence-electron chi connectivity index (χ3n) is 7.74. The van der Waals surface area contributed by atoms with Crippen LogP contribution in [0.4, 0.5) is 10.1 Å². The Labute approximate surface area is 207 Å². The lowest BCUT2D eigenvalue weighted by molar-refractivity contribution is -0.123. The van der Waals surface area contributed by atoms with E-state index in [4.69, 9.17) is 0 Å². The summed E-state index contributed by atoms with van der Waals surface area (Å²) in [4.78, 5) is 18.3. The number of likely N-dealkylation sites (tertiary alicyclic amines) is 1. The number of carbonyl (C=O) groups is 1. The van der Waals surface area contributed by atoms with Gasteiger partial charge in [-0.1, -0.05) is 43.2 Å². The number of nitrogens with zero attached hydrogens (tertiary/aromatic N) is 4. The first-order chi connectivity index (χ1) is 16.0. The number of hydrogen-bond donors (Lipinski definition) is 0. The second-order valence-electron chi connectivity index (χ2n) is 9.58. The van der Waals surface area contributed by atoms with Gasteiger partial charge in [0.1, 0.15) is 5.82 Å². The van der Waals surface area contributed by atoms with E-state index >= 15 is 0 Å². The topological polar surface area (TPSA) is 41.4 Å². The van der Waals surface area contributed by atoms with E-state index in [2.05, 4.69) is 16.1 Å². The van der Waals surface area contributed by atoms with Crippen LogP contribution in [-0.4, -0.2) is 37.9 Å². The molecule has 0 radical (unpaired) electrons. The molecule has 0 N–H and O–H groups in total. The van der Waals surface area contributed by atoms with Gasteiger partial charge in [0.2, 0.25) is 5.91 Å². The lowest BCUT2D eigenvalue weighted by Crippen LogP contribution is -2.43. The number of carbonyl (C=O) groups excluding carboxylic acids is 1. The summed E-state index contributed by atoms with van der Waals surface area (Å²) in [7, 11) is 0. The molecule has 2 aromatic carbocycles. The van der Waals surface area contributed by atoms with E-state index in [1.165, 1.54) is 25.7 Å². The maximum Gasteiger partial charge on any atom is 0.239 e. The van der Waals surface area contributed by atoms with Crippen molar-refractivity contribution < 1.29 is 9.18 Å². The monoisotopic (exact) mass is 556 g/mol. The minimum atomic E-state index is -0.466. The molecule has 5 nitrogen and oxygen atoms in total. The van der Waals surface area contributed by atoms with Crippen molar-refractivity contribution in [3.05, 3.63) is 71.8 Å². The molecule has 1 spiro atoms. The van der Waals surface area contributed by atoms with Crippen LogP contribution in [0.25, 0.3) is 11.1 Å². The molecular weight excluding hydrogens is 530 g/mol. The lowest BCUT2D eigenvalue weighted by Gasteiger charge is -2.27. The fourth-order valence-electron chi connectivity index (χ4n) is 6.08. The van der Waals surface area contributed by atoms with Gasteiger partial charge in [0, 0.05) is 35.6 Å². The van der Waals surface area contributed by atoms with Crippen LogP contribution in [0.1, 0.15) is 43.2 Å². The molecule has 3 aromatic rings. The average molecular weight is 556 g/mol. The summed E-state index contributed by atoms with van der Waals surface area (Å²) in [5, 5.41) is 4.13. The molecule has 1 unspecified atom stereocenters. The van der Waals surface area contributed by atoms with Crippen molar-refractivity contribution in [3.8, 4) is 11.1 Å². The van der Waals surface area contributed by atoms with Crippen LogP contribution >= 0.6 is 22.9 Å². The van der Waals surface area contributed by atoms with Crippen molar-refractivity contribution in [1.29, 1.82) is 0 Å². The smallest absolute Gasteiger partial charge is 0.239 e. The van der Waals surface area contributed by atoms with E-state index in [1.54, 1.807) is 27.4 Å². The lowest BCUT2D eigenvalue weighted by atomic mass is 9.81. The molecule has 1 saturated carbocycles. The highest BCUT2D eigenvalue weighted by Gasteiger charge is 2.55. The molecule has 170 valence electrons. The summed E-state index contributed by atoms with van der Waals surface area (Å²) in [5.41, 5.74) is 3.71. The Morgan fingerprint density at radius 3 is 2.73 bits per heavy atom. The molecule has 1 amide bonds. The molecule has 7 heteroatoms. The maximum atomic E-state index is 15.0. The van der Waals surface area contributed by atoms with Crippen LogP contribution in [0.2, 0.25) is 0 Å². The first-order valence-corrected chi connectivity index (χ1v) is 12.7. The van der Waals surface area contributed by atoms with Gasteiger partial charge in [-0.3, -0.25) is 9.69 Å². The number of para-hydroxylation sites is 1. The summed E-state index contributed by atoms with van der Waals surface area (Å²) < 4.78 is 16.6. The number of anilines is 1. The summed E-state index contributed by atoms with van der Waals surface area (Å²) in [6, 6.07) is 14.1. The number of rotatable bonds is 4. The molecule has 2 aliphatic heterocycles. The Morgan fingerprint density at radius 2 is 1.97 bits per heavy atom. The van der Waals surface area contributed by atoms with Gasteiger partial charge in [0.05, 0.1) is 41.0 Å². The molecular formula is C26H26FIN4O. The number of benzene rings is 2. The van der Waals surface area contributed by atoms with Crippen molar-refractivity contribution in [1.82, 2.24) is 12.9 Å². The SMILES string of the molecule is O=C1N(Cc2ccc(-c3cnn(I)c3)c(F)c2)c2ccccc2C12CCN(C1CCCC1)C2. The van der Waals surface area contributed by atoms with E-state index in [-0.39, 0.29) is 11.7 Å². The first-order valence-electron chi connectivity index (χ1n) is 11.7. The van der Waals surface area contributed by atoms with Crippen molar-refractivity contribution in [2.24, 2.45) is 0 Å². The second-order valence-corrected chi connectivity index (χ2v) is 10.6. The van der Waals surface area contributed by atoms with Crippen LogP contribution in [0, 0.1) is 5.82 Å². The van der Waals surface area contributed by atoms with Crippen LogP contribution < -0.4 is 4.90 Å². The molecule has 2 fully saturated rings.